The van der Waals surface area contributed by atoms with Gasteiger partial charge in [0, 0.05) is 0 Å². The van der Waals surface area contributed by atoms with Gasteiger partial charge in [-0.15, -0.1) is 0 Å². The van der Waals surface area contributed by atoms with Crippen molar-refractivity contribution >= 4 is 23.0 Å². The first kappa shape index (κ1) is 10.2. The van der Waals surface area contributed by atoms with E-state index in [-0.39, 0.29) is 11.1 Å². The molecule has 0 saturated heterocycles. The summed E-state index contributed by atoms with van der Waals surface area (Å²) in [6.07, 6.45) is 0. The van der Waals surface area contributed by atoms with Crippen molar-refractivity contribution in [2.24, 2.45) is 0 Å². The molecule has 0 radical (unpaired) electrons. The van der Waals surface area contributed by atoms with Crippen LogP contribution in [-0.4, -0.2) is 29.1 Å². The molecule has 0 fully saturated rings. The number of rotatable bonds is 2. The molecule has 1 heterocycles. The second-order valence-corrected chi connectivity index (χ2v) is 3.00. The highest BCUT2D eigenvalue weighted by Crippen LogP contribution is 2.17. The van der Waals surface area contributed by atoms with E-state index in [1.807, 2.05) is 0 Å². The zero-order chi connectivity index (χ0) is 11.7. The number of methoxy groups -OCH3 is 1. The number of nitrogens with zero attached hydrogens (tertiary/aromatic N) is 1. The summed E-state index contributed by atoms with van der Waals surface area (Å²) < 4.78 is 9.47. The van der Waals surface area contributed by atoms with Crippen molar-refractivity contribution in [1.29, 1.82) is 0 Å². The largest absolute Gasteiger partial charge is 0.474 e. The Morgan fingerprint density at radius 2 is 2.19 bits per heavy atom. The molecule has 0 amide bonds. The van der Waals surface area contributed by atoms with Crippen LogP contribution in [0.5, 0.6) is 0 Å². The number of esters is 1. The average molecular weight is 221 g/mol. The number of hydrogen-bond donors (Lipinski definition) is 1. The number of hydrogen-bond acceptors (Lipinski definition) is 5. The summed E-state index contributed by atoms with van der Waals surface area (Å²) >= 11 is 0. The smallest absolute Gasteiger partial charge is 0.392 e. The Balaban J connectivity index is 2.53. The maximum atomic E-state index is 11.2. The Hall–Kier alpha value is -2.37. The van der Waals surface area contributed by atoms with Crippen molar-refractivity contribution in [3.05, 3.63) is 29.7 Å². The molecule has 2 rings (SSSR count). The number of carbonyl (C=O) groups excluding carboxylic acids is 1. The van der Waals surface area contributed by atoms with Crippen molar-refractivity contribution in [2.45, 2.75) is 0 Å². The van der Waals surface area contributed by atoms with Crippen LogP contribution in [0.3, 0.4) is 0 Å². The molecule has 6 heteroatoms. The van der Waals surface area contributed by atoms with Crippen LogP contribution < -0.4 is 0 Å². The lowest BCUT2D eigenvalue weighted by Gasteiger charge is -1.96. The molecule has 1 aromatic carbocycles. The summed E-state index contributed by atoms with van der Waals surface area (Å²) in [4.78, 5) is 25.5. The number of carboxylic acid groups (broad SMARTS) is 1. The molecule has 16 heavy (non-hydrogen) atoms. The second kappa shape index (κ2) is 3.65. The molecule has 0 bridgehead atoms. The van der Waals surface area contributed by atoms with Gasteiger partial charge >= 0.3 is 17.8 Å². The molecule has 82 valence electrons. The highest BCUT2D eigenvalue weighted by molar-refractivity contribution is 5.94. The summed E-state index contributed by atoms with van der Waals surface area (Å²) in [5.41, 5.74) is 0.897. The fourth-order valence-electron chi connectivity index (χ4n) is 1.26. The van der Waals surface area contributed by atoms with Crippen LogP contribution in [0, 0.1) is 0 Å². The molecule has 1 N–H and O–H groups in total. The van der Waals surface area contributed by atoms with E-state index < -0.39 is 17.8 Å². The van der Waals surface area contributed by atoms with Crippen LogP contribution in [-0.2, 0) is 4.74 Å². The quantitative estimate of drug-likeness (QED) is 0.769. The van der Waals surface area contributed by atoms with Crippen molar-refractivity contribution in [3.8, 4) is 0 Å². The average Bonchev–Trinajstić information content (AvgIpc) is 2.70. The summed E-state index contributed by atoms with van der Waals surface area (Å²) in [6, 6.07) is 4.38. The highest BCUT2D eigenvalue weighted by Gasteiger charge is 2.14. The lowest BCUT2D eigenvalue weighted by molar-refractivity contribution is 0.0600. The van der Waals surface area contributed by atoms with Crippen LogP contribution in [0.1, 0.15) is 21.0 Å². The van der Waals surface area contributed by atoms with E-state index in [4.69, 9.17) is 9.52 Å². The minimum Gasteiger partial charge on any atom is -0.474 e. The third-order valence-electron chi connectivity index (χ3n) is 1.99. The highest BCUT2D eigenvalue weighted by atomic mass is 16.5. The van der Waals surface area contributed by atoms with Gasteiger partial charge in [-0.25, -0.2) is 14.6 Å². The van der Waals surface area contributed by atoms with Crippen LogP contribution in [0.4, 0.5) is 0 Å². The van der Waals surface area contributed by atoms with Gasteiger partial charge in [0.2, 0.25) is 0 Å². The zero-order valence-electron chi connectivity index (χ0n) is 8.26. The van der Waals surface area contributed by atoms with E-state index in [9.17, 15) is 9.59 Å². The molecule has 0 saturated carbocycles. The first-order chi connectivity index (χ1) is 7.61. The summed E-state index contributed by atoms with van der Waals surface area (Å²) in [5.74, 6) is -2.18. The standard InChI is InChI=1S/C10H7NO5/c1-15-10(14)5-2-3-6-7(4-5)16-8(11-6)9(12)13/h2-4H,1H3,(H,12,13). The molecule has 0 unspecified atom stereocenters. The molecule has 1 aromatic heterocycles. The number of oxazole rings is 1. The van der Waals surface area contributed by atoms with E-state index >= 15 is 0 Å². The number of aromatic nitrogens is 1. The first-order valence-electron chi connectivity index (χ1n) is 4.34. The van der Waals surface area contributed by atoms with Crippen LogP contribution in [0.15, 0.2) is 22.6 Å². The molecule has 2 aromatic rings. The Labute approximate surface area is 89.5 Å². The molecular formula is C10H7NO5. The minimum absolute atomic E-state index is 0.236. The van der Waals surface area contributed by atoms with Gasteiger partial charge in [0.05, 0.1) is 12.7 Å². The van der Waals surface area contributed by atoms with Gasteiger partial charge in [-0.1, -0.05) is 0 Å². The fourth-order valence-corrected chi connectivity index (χ4v) is 1.26. The second-order valence-electron chi connectivity index (χ2n) is 3.00. The molecule has 6 nitrogen and oxygen atoms in total. The summed E-state index contributed by atoms with van der Waals surface area (Å²) in [6.45, 7) is 0. The lowest BCUT2D eigenvalue weighted by Crippen LogP contribution is -2.00. The number of carboxylic acids is 1. The van der Waals surface area contributed by atoms with Gasteiger partial charge in [-0.2, -0.15) is 0 Å². The fraction of sp³-hybridized carbons (Fsp3) is 0.100. The number of aromatic carboxylic acids is 1. The molecule has 0 atom stereocenters. The van der Waals surface area contributed by atoms with Crippen LogP contribution in [0.25, 0.3) is 11.1 Å². The topological polar surface area (TPSA) is 89.6 Å². The Morgan fingerprint density at radius 1 is 1.44 bits per heavy atom. The van der Waals surface area contributed by atoms with Gasteiger partial charge in [0.25, 0.3) is 0 Å². The predicted octanol–water partition coefficient (Wildman–Crippen LogP) is 1.31. The van der Waals surface area contributed by atoms with Gasteiger partial charge in [0.1, 0.15) is 5.52 Å². The Morgan fingerprint density at radius 3 is 2.81 bits per heavy atom. The van der Waals surface area contributed by atoms with Gasteiger partial charge < -0.3 is 14.3 Å². The molecule has 0 spiro atoms. The number of fused-ring (bicyclic) bond motifs is 1. The maximum Gasteiger partial charge on any atom is 0.392 e. The molecular weight excluding hydrogens is 214 g/mol. The molecule has 0 aliphatic carbocycles. The first-order valence-corrected chi connectivity index (χ1v) is 4.34. The Bertz CT molecular complexity index is 572. The van der Waals surface area contributed by atoms with Crippen molar-refractivity contribution < 1.29 is 23.8 Å². The van der Waals surface area contributed by atoms with Crippen molar-refractivity contribution in [3.63, 3.8) is 0 Å². The third-order valence-corrected chi connectivity index (χ3v) is 1.99. The third kappa shape index (κ3) is 1.60. The lowest BCUT2D eigenvalue weighted by atomic mass is 10.2. The van der Waals surface area contributed by atoms with Crippen molar-refractivity contribution in [2.75, 3.05) is 7.11 Å². The van der Waals surface area contributed by atoms with Crippen molar-refractivity contribution in [1.82, 2.24) is 4.98 Å². The summed E-state index contributed by atoms with van der Waals surface area (Å²) in [5, 5.41) is 8.66. The summed E-state index contributed by atoms with van der Waals surface area (Å²) in [7, 11) is 1.26. The van der Waals surface area contributed by atoms with E-state index in [2.05, 4.69) is 9.72 Å². The van der Waals surface area contributed by atoms with Crippen LogP contribution >= 0.6 is 0 Å². The maximum absolute atomic E-state index is 11.2. The van der Waals surface area contributed by atoms with Gasteiger partial charge in [0.15, 0.2) is 5.58 Å². The number of ether oxygens (including phenoxy) is 1. The minimum atomic E-state index is -1.25. The predicted molar refractivity (Wildman–Crippen MR) is 52.3 cm³/mol. The van der Waals surface area contributed by atoms with Crippen LogP contribution in [0.2, 0.25) is 0 Å². The van der Waals surface area contributed by atoms with E-state index in [0.29, 0.717) is 5.52 Å². The Kier molecular flexibility index (Phi) is 2.32. The number of benzene rings is 1. The molecule has 0 aliphatic heterocycles. The monoisotopic (exact) mass is 221 g/mol. The van der Waals surface area contributed by atoms with E-state index in [1.54, 1.807) is 0 Å². The van der Waals surface area contributed by atoms with Gasteiger partial charge in [-0.3, -0.25) is 0 Å². The SMILES string of the molecule is COC(=O)c1ccc2nc(C(=O)O)oc2c1. The zero-order valence-corrected chi connectivity index (χ0v) is 8.26. The van der Waals surface area contributed by atoms with E-state index in [0.717, 1.165) is 0 Å². The molecule has 0 aliphatic rings. The normalized spacial score (nSPS) is 10.3. The number of carbonyl (C=O) groups is 2. The van der Waals surface area contributed by atoms with E-state index in [1.165, 1.54) is 25.3 Å². The van der Waals surface area contributed by atoms with Gasteiger partial charge in [-0.05, 0) is 18.2 Å².